The highest BCUT2D eigenvalue weighted by Crippen LogP contribution is 2.34. The molecule has 1 aromatic carbocycles. The minimum atomic E-state index is 0.646. The van der Waals surface area contributed by atoms with E-state index in [-0.39, 0.29) is 0 Å². The van der Waals surface area contributed by atoms with Crippen LogP contribution >= 0.6 is 11.8 Å². The van der Waals surface area contributed by atoms with Crippen LogP contribution in [0, 0.1) is 5.92 Å². The van der Waals surface area contributed by atoms with Crippen molar-refractivity contribution in [3.63, 3.8) is 0 Å². The van der Waals surface area contributed by atoms with E-state index >= 15 is 0 Å². The van der Waals surface area contributed by atoms with Crippen LogP contribution in [-0.2, 0) is 6.54 Å². The van der Waals surface area contributed by atoms with Crippen molar-refractivity contribution >= 4 is 11.8 Å². The van der Waals surface area contributed by atoms with Gasteiger partial charge in [0.15, 0.2) is 0 Å². The molecule has 1 nitrogen and oxygen atoms in total. The first kappa shape index (κ1) is 9.10. The normalized spacial score (nSPS) is 16.1. The molecule has 0 saturated heterocycles. The average molecular weight is 193 g/mol. The summed E-state index contributed by atoms with van der Waals surface area (Å²) in [4.78, 5) is 1.38. The van der Waals surface area contributed by atoms with Crippen molar-refractivity contribution in [2.45, 2.75) is 24.3 Å². The highest BCUT2D eigenvalue weighted by atomic mass is 32.2. The Kier molecular flexibility index (Phi) is 2.91. The number of benzene rings is 1. The summed E-state index contributed by atoms with van der Waals surface area (Å²) in [7, 11) is 0. The zero-order valence-electron chi connectivity index (χ0n) is 7.70. The van der Waals surface area contributed by atoms with Crippen LogP contribution in [0.3, 0.4) is 0 Å². The quantitative estimate of drug-likeness (QED) is 0.744. The molecule has 2 rings (SSSR count). The van der Waals surface area contributed by atoms with Gasteiger partial charge >= 0.3 is 0 Å². The second-order valence-corrected chi connectivity index (χ2v) is 4.70. The largest absolute Gasteiger partial charge is 0.326 e. The Hall–Kier alpha value is -0.470. The molecule has 0 spiro atoms. The average Bonchev–Trinajstić information content (AvgIpc) is 2.99. The van der Waals surface area contributed by atoms with E-state index < -0.39 is 0 Å². The zero-order chi connectivity index (χ0) is 9.10. The smallest absolute Gasteiger partial charge is 0.0178 e. The van der Waals surface area contributed by atoms with Crippen LogP contribution in [0.5, 0.6) is 0 Å². The molecule has 0 heterocycles. The lowest BCUT2D eigenvalue weighted by Gasteiger charge is -2.01. The Bertz CT molecular complexity index is 264. The monoisotopic (exact) mass is 193 g/mol. The van der Waals surface area contributed by atoms with Crippen LogP contribution in [-0.4, -0.2) is 5.75 Å². The minimum absolute atomic E-state index is 0.646. The number of rotatable bonds is 4. The summed E-state index contributed by atoms with van der Waals surface area (Å²) >= 11 is 1.97. The van der Waals surface area contributed by atoms with Crippen LogP contribution < -0.4 is 5.73 Å². The summed E-state index contributed by atoms with van der Waals surface area (Å²) in [6, 6.07) is 8.59. The first-order valence-corrected chi connectivity index (χ1v) is 5.79. The van der Waals surface area contributed by atoms with Crippen LogP contribution in [0.25, 0.3) is 0 Å². The maximum atomic E-state index is 5.53. The Morgan fingerprint density at radius 3 is 2.46 bits per heavy atom. The van der Waals surface area contributed by atoms with Crippen molar-refractivity contribution in [2.24, 2.45) is 11.7 Å². The summed E-state index contributed by atoms with van der Waals surface area (Å²) < 4.78 is 0. The Labute approximate surface area is 83.7 Å². The summed E-state index contributed by atoms with van der Waals surface area (Å²) in [6.45, 7) is 0.646. The van der Waals surface area contributed by atoms with E-state index in [1.165, 1.54) is 29.1 Å². The van der Waals surface area contributed by atoms with E-state index in [9.17, 15) is 0 Å². The number of hydrogen-bond donors (Lipinski definition) is 1. The number of hydrogen-bond acceptors (Lipinski definition) is 2. The molecule has 2 N–H and O–H groups in total. The van der Waals surface area contributed by atoms with Crippen LogP contribution in [0.2, 0.25) is 0 Å². The van der Waals surface area contributed by atoms with Gasteiger partial charge in [0.1, 0.15) is 0 Å². The molecule has 1 saturated carbocycles. The maximum absolute atomic E-state index is 5.53. The van der Waals surface area contributed by atoms with Gasteiger partial charge < -0.3 is 5.73 Å². The van der Waals surface area contributed by atoms with Gasteiger partial charge in [0.25, 0.3) is 0 Å². The van der Waals surface area contributed by atoms with E-state index in [0.717, 1.165) is 5.92 Å². The molecule has 1 fully saturated rings. The molecule has 0 radical (unpaired) electrons. The Morgan fingerprint density at radius 2 is 1.92 bits per heavy atom. The van der Waals surface area contributed by atoms with E-state index in [2.05, 4.69) is 24.3 Å². The summed E-state index contributed by atoms with van der Waals surface area (Å²) in [5.74, 6) is 2.29. The van der Waals surface area contributed by atoms with Gasteiger partial charge in [-0.15, -0.1) is 11.8 Å². The molecule has 0 amide bonds. The van der Waals surface area contributed by atoms with Crippen molar-refractivity contribution in [2.75, 3.05) is 5.75 Å². The molecule has 0 atom stereocenters. The first-order valence-electron chi connectivity index (χ1n) is 4.80. The van der Waals surface area contributed by atoms with Gasteiger partial charge in [0.05, 0.1) is 0 Å². The third kappa shape index (κ3) is 2.75. The lowest BCUT2D eigenvalue weighted by molar-refractivity contribution is 0.999. The van der Waals surface area contributed by atoms with Crippen LogP contribution in [0.15, 0.2) is 29.2 Å². The summed E-state index contributed by atoms with van der Waals surface area (Å²) in [6.07, 6.45) is 2.88. The summed E-state index contributed by atoms with van der Waals surface area (Å²) in [5.41, 5.74) is 6.74. The third-order valence-electron chi connectivity index (χ3n) is 2.34. The van der Waals surface area contributed by atoms with E-state index in [1.807, 2.05) is 11.8 Å². The highest BCUT2D eigenvalue weighted by Gasteiger charge is 2.20. The number of thioether (sulfide) groups is 1. The molecule has 0 bridgehead atoms. The molecule has 1 aromatic rings. The van der Waals surface area contributed by atoms with Gasteiger partial charge in [-0.2, -0.15) is 0 Å². The Balaban J connectivity index is 1.88. The fraction of sp³-hybridized carbons (Fsp3) is 0.455. The SMILES string of the molecule is NCc1ccc(SCC2CC2)cc1. The van der Waals surface area contributed by atoms with Gasteiger partial charge in [-0.3, -0.25) is 0 Å². The standard InChI is InChI=1S/C11H15NS/c12-7-9-3-5-11(6-4-9)13-8-10-1-2-10/h3-6,10H,1-2,7-8,12H2. The Morgan fingerprint density at radius 1 is 1.23 bits per heavy atom. The van der Waals surface area contributed by atoms with Crippen LogP contribution in [0.4, 0.5) is 0 Å². The third-order valence-corrected chi connectivity index (χ3v) is 3.59. The fourth-order valence-electron chi connectivity index (χ4n) is 1.22. The maximum Gasteiger partial charge on any atom is 0.0178 e. The van der Waals surface area contributed by atoms with Gasteiger partial charge in [0, 0.05) is 17.2 Å². The van der Waals surface area contributed by atoms with Gasteiger partial charge in [0.2, 0.25) is 0 Å². The van der Waals surface area contributed by atoms with E-state index in [1.54, 1.807) is 0 Å². The van der Waals surface area contributed by atoms with Crippen LogP contribution in [0.1, 0.15) is 18.4 Å². The minimum Gasteiger partial charge on any atom is -0.326 e. The van der Waals surface area contributed by atoms with Crippen molar-refractivity contribution in [3.8, 4) is 0 Å². The predicted molar refractivity (Wildman–Crippen MR) is 57.8 cm³/mol. The molecule has 2 heteroatoms. The second-order valence-electron chi connectivity index (χ2n) is 3.60. The summed E-state index contributed by atoms with van der Waals surface area (Å²) in [5, 5.41) is 0. The van der Waals surface area contributed by atoms with Crippen molar-refractivity contribution < 1.29 is 0 Å². The number of nitrogens with two attached hydrogens (primary N) is 1. The molecule has 0 aromatic heterocycles. The second kappa shape index (κ2) is 4.16. The van der Waals surface area contributed by atoms with Gasteiger partial charge in [-0.05, 0) is 36.5 Å². The molecular weight excluding hydrogens is 178 g/mol. The lowest BCUT2D eigenvalue weighted by atomic mass is 10.2. The topological polar surface area (TPSA) is 26.0 Å². The predicted octanol–water partition coefficient (Wildman–Crippen LogP) is 2.65. The molecule has 0 unspecified atom stereocenters. The first-order chi connectivity index (χ1) is 6.38. The van der Waals surface area contributed by atoms with Crippen molar-refractivity contribution in [1.29, 1.82) is 0 Å². The van der Waals surface area contributed by atoms with Gasteiger partial charge in [-0.1, -0.05) is 12.1 Å². The fourth-order valence-corrected chi connectivity index (χ4v) is 2.31. The van der Waals surface area contributed by atoms with E-state index in [4.69, 9.17) is 5.73 Å². The molecule has 1 aliphatic carbocycles. The zero-order valence-corrected chi connectivity index (χ0v) is 8.52. The molecule has 0 aliphatic heterocycles. The van der Waals surface area contributed by atoms with Crippen molar-refractivity contribution in [1.82, 2.24) is 0 Å². The molecule has 1 aliphatic rings. The van der Waals surface area contributed by atoms with Crippen molar-refractivity contribution in [3.05, 3.63) is 29.8 Å². The van der Waals surface area contributed by atoms with E-state index in [0.29, 0.717) is 6.54 Å². The molecule has 70 valence electrons. The highest BCUT2D eigenvalue weighted by molar-refractivity contribution is 7.99. The lowest BCUT2D eigenvalue weighted by Crippen LogP contribution is -1.95. The molecular formula is C11H15NS. The van der Waals surface area contributed by atoms with Gasteiger partial charge in [-0.25, -0.2) is 0 Å². The molecule has 13 heavy (non-hydrogen) atoms.